The fourth-order valence-corrected chi connectivity index (χ4v) is 4.54. The fraction of sp³-hybridized carbons (Fsp3) is 0.417. The Morgan fingerprint density at radius 2 is 1.81 bits per heavy atom. The van der Waals surface area contributed by atoms with Gasteiger partial charge in [-0.15, -0.1) is 0 Å². The number of anilines is 1. The summed E-state index contributed by atoms with van der Waals surface area (Å²) in [6.07, 6.45) is 6.45. The van der Waals surface area contributed by atoms with Gasteiger partial charge in [-0.3, -0.25) is 4.79 Å². The van der Waals surface area contributed by atoms with Crippen LogP contribution < -0.4 is 9.64 Å². The first-order valence-electron chi connectivity index (χ1n) is 11.1. The molecule has 8 heteroatoms. The van der Waals surface area contributed by atoms with E-state index in [1.165, 1.54) is 23.2 Å². The van der Waals surface area contributed by atoms with Gasteiger partial charge < -0.3 is 14.7 Å². The normalized spacial score (nSPS) is 17.5. The molecule has 2 fully saturated rings. The number of aromatic nitrogens is 2. The zero-order valence-electron chi connectivity index (χ0n) is 17.6. The largest absolute Gasteiger partial charge is 0.490 e. The van der Waals surface area contributed by atoms with Crippen molar-refractivity contribution in [2.75, 3.05) is 18.0 Å². The first kappa shape index (κ1) is 20.7. The molecule has 2 aliphatic rings. The maximum atomic E-state index is 15.1. The second-order valence-electron chi connectivity index (χ2n) is 8.73. The average Bonchev–Trinajstić information content (AvgIpc) is 3.14. The lowest BCUT2D eigenvalue weighted by Gasteiger charge is -2.33. The number of hydrogen-bond acceptors (Lipinski definition) is 4. The summed E-state index contributed by atoms with van der Waals surface area (Å²) in [6, 6.07) is 8.25. The number of hydrogen-bond donors (Lipinski definition) is 1. The van der Waals surface area contributed by atoms with Crippen molar-refractivity contribution in [2.45, 2.75) is 44.6 Å². The topological polar surface area (TPSA) is 67.6 Å². The van der Waals surface area contributed by atoms with Gasteiger partial charge in [0.2, 0.25) is 0 Å². The second-order valence-corrected chi connectivity index (χ2v) is 8.73. The van der Waals surface area contributed by atoms with Crippen LogP contribution in [0.1, 0.15) is 38.5 Å². The Hall–Kier alpha value is -3.16. The first-order valence-corrected chi connectivity index (χ1v) is 11.1. The van der Waals surface area contributed by atoms with Crippen LogP contribution in [0.25, 0.3) is 16.6 Å². The third-order valence-corrected chi connectivity index (χ3v) is 6.54. The van der Waals surface area contributed by atoms with Gasteiger partial charge in [-0.05, 0) is 50.2 Å². The summed E-state index contributed by atoms with van der Waals surface area (Å²) in [6.45, 7) is 0.857. The molecule has 2 aromatic carbocycles. The van der Waals surface area contributed by atoms with Gasteiger partial charge in [0.25, 0.3) is 0 Å². The Morgan fingerprint density at radius 1 is 1.09 bits per heavy atom. The molecule has 1 aromatic heterocycles. The number of carboxylic acids is 1. The number of nitrogens with zero attached hydrogens (tertiary/aromatic N) is 3. The van der Waals surface area contributed by atoms with Crippen LogP contribution >= 0.6 is 0 Å². The second kappa shape index (κ2) is 8.41. The van der Waals surface area contributed by atoms with E-state index in [-0.39, 0.29) is 24.1 Å². The Labute approximate surface area is 184 Å². The van der Waals surface area contributed by atoms with E-state index in [2.05, 4.69) is 5.10 Å². The molecule has 0 unspecified atom stereocenters. The molecule has 2 heterocycles. The molecule has 1 aliphatic carbocycles. The summed E-state index contributed by atoms with van der Waals surface area (Å²) < 4.78 is 37.6. The van der Waals surface area contributed by atoms with Crippen molar-refractivity contribution in [3.05, 3.63) is 48.2 Å². The number of carbonyl (C=O) groups is 1. The third-order valence-electron chi connectivity index (χ3n) is 6.54. The lowest BCUT2D eigenvalue weighted by atomic mass is 9.93. The summed E-state index contributed by atoms with van der Waals surface area (Å²) in [7, 11) is 0. The molecule has 1 aliphatic heterocycles. The molecule has 0 amide bonds. The van der Waals surface area contributed by atoms with E-state index >= 15 is 8.78 Å². The Balaban J connectivity index is 1.40. The molecule has 168 valence electrons. The van der Waals surface area contributed by atoms with Gasteiger partial charge in [-0.25, -0.2) is 13.5 Å². The maximum Gasteiger partial charge on any atom is 0.303 e. The predicted molar refractivity (Wildman–Crippen MR) is 116 cm³/mol. The van der Waals surface area contributed by atoms with Crippen LogP contribution in [-0.2, 0) is 4.79 Å². The summed E-state index contributed by atoms with van der Waals surface area (Å²) >= 11 is 0. The van der Waals surface area contributed by atoms with Crippen LogP contribution in [0.5, 0.6) is 5.75 Å². The lowest BCUT2D eigenvalue weighted by Crippen LogP contribution is -2.35. The van der Waals surface area contributed by atoms with Crippen LogP contribution in [0.2, 0.25) is 0 Å². The quantitative estimate of drug-likeness (QED) is 0.588. The van der Waals surface area contributed by atoms with Crippen LogP contribution in [0, 0.1) is 17.6 Å². The monoisotopic (exact) mass is 441 g/mol. The number of fused-ring (bicyclic) bond motifs is 1. The minimum absolute atomic E-state index is 0.0425. The van der Waals surface area contributed by atoms with E-state index in [1.807, 2.05) is 18.2 Å². The first-order chi connectivity index (χ1) is 15.5. The Morgan fingerprint density at radius 3 is 2.44 bits per heavy atom. The summed E-state index contributed by atoms with van der Waals surface area (Å²) in [4.78, 5) is 12.6. The molecule has 1 saturated carbocycles. The number of aliphatic carboxylic acids is 1. The van der Waals surface area contributed by atoms with Crippen molar-refractivity contribution in [3.63, 3.8) is 0 Å². The molecule has 32 heavy (non-hydrogen) atoms. The minimum Gasteiger partial charge on any atom is -0.490 e. The van der Waals surface area contributed by atoms with Gasteiger partial charge in [0.05, 0.1) is 23.5 Å². The highest BCUT2D eigenvalue weighted by molar-refractivity contribution is 5.82. The minimum atomic E-state index is -0.835. The van der Waals surface area contributed by atoms with E-state index in [0.717, 1.165) is 29.5 Å². The number of benzene rings is 2. The zero-order valence-corrected chi connectivity index (χ0v) is 17.6. The Kier molecular flexibility index (Phi) is 5.45. The van der Waals surface area contributed by atoms with E-state index in [0.29, 0.717) is 31.6 Å². The molecule has 1 saturated heterocycles. The molecule has 1 N–H and O–H groups in total. The Bertz CT molecular complexity index is 1130. The van der Waals surface area contributed by atoms with Crippen molar-refractivity contribution in [1.29, 1.82) is 0 Å². The van der Waals surface area contributed by atoms with Crippen LogP contribution in [0.15, 0.2) is 36.5 Å². The molecular weight excluding hydrogens is 416 g/mol. The van der Waals surface area contributed by atoms with E-state index in [9.17, 15) is 4.79 Å². The van der Waals surface area contributed by atoms with Crippen LogP contribution in [0.4, 0.5) is 14.5 Å². The van der Waals surface area contributed by atoms with Gasteiger partial charge in [0.15, 0.2) is 11.6 Å². The number of ether oxygens (including phenoxy) is 1. The number of piperidine rings is 1. The molecule has 5 rings (SSSR count). The predicted octanol–water partition coefficient (Wildman–Crippen LogP) is 4.93. The highest BCUT2D eigenvalue weighted by Gasteiger charge is 2.26. The van der Waals surface area contributed by atoms with Gasteiger partial charge in [-0.1, -0.05) is 0 Å². The van der Waals surface area contributed by atoms with Gasteiger partial charge in [0.1, 0.15) is 11.4 Å². The number of halogens is 2. The molecule has 0 radical (unpaired) electrons. The van der Waals surface area contributed by atoms with Crippen LogP contribution in [0.3, 0.4) is 0 Å². The molecule has 6 nitrogen and oxygen atoms in total. The van der Waals surface area contributed by atoms with Gasteiger partial charge in [0, 0.05) is 43.1 Å². The van der Waals surface area contributed by atoms with Crippen molar-refractivity contribution in [1.82, 2.24) is 9.78 Å². The number of rotatable bonds is 6. The SMILES string of the molecule is O=C(O)CC1CCN(c2c(F)cc(-n3ncc4ccc(OC5CCC5)cc43)cc2F)CC1. The van der Waals surface area contributed by atoms with E-state index in [1.54, 1.807) is 11.1 Å². The van der Waals surface area contributed by atoms with Crippen molar-refractivity contribution in [2.24, 2.45) is 5.92 Å². The standard InChI is InChI=1S/C24H25F2N3O3/c25-20-11-17(12-21(26)24(20)28-8-6-15(7-9-28)10-23(30)31)29-22-13-19(32-18-2-1-3-18)5-4-16(22)14-27-29/h4-5,11-15,18H,1-3,6-10H2,(H,30,31). The van der Waals surface area contributed by atoms with Gasteiger partial charge in [-0.2, -0.15) is 5.10 Å². The van der Waals surface area contributed by atoms with Crippen LogP contribution in [-0.4, -0.2) is 40.0 Å². The van der Waals surface area contributed by atoms with Crippen molar-refractivity contribution in [3.8, 4) is 11.4 Å². The van der Waals surface area contributed by atoms with Crippen molar-refractivity contribution < 1.29 is 23.4 Å². The smallest absolute Gasteiger partial charge is 0.303 e. The maximum absolute atomic E-state index is 15.1. The molecular formula is C24H25F2N3O3. The summed E-state index contributed by atoms with van der Waals surface area (Å²) in [5, 5.41) is 14.2. The lowest BCUT2D eigenvalue weighted by molar-refractivity contribution is -0.138. The summed E-state index contributed by atoms with van der Waals surface area (Å²) in [5.74, 6) is -1.37. The highest BCUT2D eigenvalue weighted by atomic mass is 19.1. The number of carboxylic acid groups (broad SMARTS) is 1. The zero-order chi connectivity index (χ0) is 22.2. The van der Waals surface area contributed by atoms with Gasteiger partial charge >= 0.3 is 5.97 Å². The molecule has 0 spiro atoms. The van der Waals surface area contributed by atoms with E-state index in [4.69, 9.17) is 9.84 Å². The van der Waals surface area contributed by atoms with Crippen molar-refractivity contribution >= 4 is 22.6 Å². The molecule has 0 bridgehead atoms. The molecule has 3 aromatic rings. The van der Waals surface area contributed by atoms with E-state index < -0.39 is 17.6 Å². The molecule has 0 atom stereocenters. The summed E-state index contributed by atoms with van der Waals surface area (Å²) in [5.41, 5.74) is 0.969. The average molecular weight is 441 g/mol. The fourth-order valence-electron chi connectivity index (χ4n) is 4.54. The highest BCUT2D eigenvalue weighted by Crippen LogP contribution is 2.33. The third kappa shape index (κ3) is 4.01.